The summed E-state index contributed by atoms with van der Waals surface area (Å²) >= 11 is 0. The van der Waals surface area contributed by atoms with Gasteiger partial charge in [0.1, 0.15) is 0 Å². The van der Waals surface area contributed by atoms with Crippen molar-refractivity contribution in [3.05, 3.63) is 12.2 Å². The van der Waals surface area contributed by atoms with Crippen LogP contribution in [-0.2, 0) is 0 Å². The molecule has 2 N–H and O–H groups in total. The van der Waals surface area contributed by atoms with E-state index < -0.39 is 0 Å². The van der Waals surface area contributed by atoms with Crippen LogP contribution in [0, 0.1) is 47.3 Å². The predicted octanol–water partition coefficient (Wildman–Crippen LogP) is 0.511. The summed E-state index contributed by atoms with van der Waals surface area (Å²) in [5.74, 6) is 5.83. The first-order valence-electron chi connectivity index (χ1n) is 5.78. The van der Waals surface area contributed by atoms with Gasteiger partial charge in [0.2, 0.25) is 0 Å². The van der Waals surface area contributed by atoms with Gasteiger partial charge in [-0.3, -0.25) is 0 Å². The molecule has 4 aliphatic carbocycles. The fraction of sp³-hybridized carbons (Fsp3) is 0.833. The van der Waals surface area contributed by atoms with Gasteiger partial charge in [-0.15, -0.1) is 0 Å². The van der Waals surface area contributed by atoms with Crippen LogP contribution in [0.3, 0.4) is 0 Å². The standard InChI is InChI=1S/C12H16O2/c13-3-7-8(4-14)12-10-6-2-1-5(6)9(10)11(7)12/h1-2,5-14H,3-4H2. The molecule has 76 valence electrons. The summed E-state index contributed by atoms with van der Waals surface area (Å²) in [5, 5.41) is 18.6. The quantitative estimate of drug-likeness (QED) is 0.626. The number of fused-ring (bicyclic) bond motifs is 7. The van der Waals surface area contributed by atoms with Gasteiger partial charge >= 0.3 is 0 Å². The molecule has 4 aliphatic rings. The minimum atomic E-state index is 0.288. The summed E-state index contributed by atoms with van der Waals surface area (Å²) in [6, 6.07) is 0. The molecule has 0 aromatic rings. The Balaban J connectivity index is 1.59. The molecule has 0 bridgehead atoms. The van der Waals surface area contributed by atoms with E-state index in [4.69, 9.17) is 0 Å². The van der Waals surface area contributed by atoms with Gasteiger partial charge in [-0.1, -0.05) is 12.2 Å². The summed E-state index contributed by atoms with van der Waals surface area (Å²) in [5.41, 5.74) is 0. The Morgan fingerprint density at radius 2 is 1.14 bits per heavy atom. The third-order valence-electron chi connectivity index (χ3n) is 5.63. The van der Waals surface area contributed by atoms with Gasteiger partial charge in [0, 0.05) is 13.2 Å². The predicted molar refractivity (Wildman–Crippen MR) is 51.2 cm³/mol. The zero-order valence-corrected chi connectivity index (χ0v) is 8.08. The molecule has 0 aromatic carbocycles. The number of rotatable bonds is 2. The second-order valence-corrected chi connectivity index (χ2v) is 5.54. The van der Waals surface area contributed by atoms with Crippen molar-refractivity contribution < 1.29 is 10.2 Å². The molecule has 2 nitrogen and oxygen atoms in total. The van der Waals surface area contributed by atoms with Gasteiger partial charge in [-0.25, -0.2) is 0 Å². The van der Waals surface area contributed by atoms with E-state index in [1.807, 2.05) is 0 Å². The molecule has 0 amide bonds. The molecule has 0 saturated heterocycles. The molecule has 0 radical (unpaired) electrons. The molecule has 0 aliphatic heterocycles. The Bertz CT molecular complexity index is 281. The second kappa shape index (κ2) is 2.25. The number of hydrogen-bond donors (Lipinski definition) is 2. The SMILES string of the molecule is OCC1C(CO)C2C3C4C=CC4C3C12. The van der Waals surface area contributed by atoms with Crippen LogP contribution in [0.5, 0.6) is 0 Å². The molecular formula is C12H16O2. The highest BCUT2D eigenvalue weighted by molar-refractivity contribution is 5.32. The molecular weight excluding hydrogens is 176 g/mol. The van der Waals surface area contributed by atoms with Gasteiger partial charge in [-0.2, -0.15) is 0 Å². The van der Waals surface area contributed by atoms with E-state index in [9.17, 15) is 10.2 Å². The van der Waals surface area contributed by atoms with E-state index in [0.29, 0.717) is 11.8 Å². The van der Waals surface area contributed by atoms with Crippen LogP contribution in [-0.4, -0.2) is 23.4 Å². The lowest BCUT2D eigenvalue weighted by Crippen LogP contribution is -2.76. The van der Waals surface area contributed by atoms with Crippen LogP contribution in [0.25, 0.3) is 0 Å². The van der Waals surface area contributed by atoms with Crippen molar-refractivity contribution in [2.24, 2.45) is 47.3 Å². The van der Waals surface area contributed by atoms with Crippen LogP contribution in [0.1, 0.15) is 0 Å². The van der Waals surface area contributed by atoms with Crippen molar-refractivity contribution in [2.45, 2.75) is 0 Å². The van der Waals surface area contributed by atoms with Crippen LogP contribution in [0.15, 0.2) is 12.2 Å². The molecule has 0 heterocycles. The third kappa shape index (κ3) is 0.560. The largest absolute Gasteiger partial charge is 0.396 e. The van der Waals surface area contributed by atoms with E-state index in [1.54, 1.807) is 0 Å². The van der Waals surface area contributed by atoms with Crippen molar-refractivity contribution >= 4 is 0 Å². The van der Waals surface area contributed by atoms with Crippen LogP contribution < -0.4 is 0 Å². The van der Waals surface area contributed by atoms with Gasteiger partial charge in [0.05, 0.1) is 0 Å². The molecule has 2 heteroatoms. The molecule has 8 unspecified atom stereocenters. The molecule has 3 saturated carbocycles. The third-order valence-corrected chi connectivity index (χ3v) is 5.63. The summed E-state index contributed by atoms with van der Waals surface area (Å²) in [7, 11) is 0. The summed E-state index contributed by atoms with van der Waals surface area (Å²) < 4.78 is 0. The maximum atomic E-state index is 9.28. The van der Waals surface area contributed by atoms with Gasteiger partial charge in [0.15, 0.2) is 0 Å². The van der Waals surface area contributed by atoms with Gasteiger partial charge in [-0.05, 0) is 47.3 Å². The van der Waals surface area contributed by atoms with E-state index in [0.717, 1.165) is 35.5 Å². The van der Waals surface area contributed by atoms with Crippen LogP contribution in [0.2, 0.25) is 0 Å². The Morgan fingerprint density at radius 3 is 1.43 bits per heavy atom. The fourth-order valence-corrected chi connectivity index (χ4v) is 4.98. The topological polar surface area (TPSA) is 40.5 Å². The fourth-order valence-electron chi connectivity index (χ4n) is 4.98. The second-order valence-electron chi connectivity index (χ2n) is 5.54. The smallest absolute Gasteiger partial charge is 0.0465 e. The lowest BCUT2D eigenvalue weighted by atomic mass is 9.25. The highest BCUT2D eigenvalue weighted by atomic mass is 16.3. The monoisotopic (exact) mass is 192 g/mol. The van der Waals surface area contributed by atoms with Crippen LogP contribution in [0.4, 0.5) is 0 Å². The van der Waals surface area contributed by atoms with Gasteiger partial charge < -0.3 is 10.2 Å². The number of hydrogen-bond acceptors (Lipinski definition) is 2. The number of allylic oxidation sites excluding steroid dienone is 2. The van der Waals surface area contributed by atoms with Crippen molar-refractivity contribution in [3.8, 4) is 0 Å². The summed E-state index contributed by atoms with van der Waals surface area (Å²) in [6.45, 7) is 0.577. The Labute approximate surface area is 83.6 Å². The maximum absolute atomic E-state index is 9.28. The van der Waals surface area contributed by atoms with Crippen molar-refractivity contribution in [2.75, 3.05) is 13.2 Å². The maximum Gasteiger partial charge on any atom is 0.0465 e. The molecule has 14 heavy (non-hydrogen) atoms. The zero-order valence-electron chi connectivity index (χ0n) is 8.08. The first kappa shape index (κ1) is 7.89. The van der Waals surface area contributed by atoms with Crippen molar-refractivity contribution in [1.29, 1.82) is 0 Å². The molecule has 4 rings (SSSR count). The summed E-state index contributed by atoms with van der Waals surface area (Å²) in [4.78, 5) is 0. The van der Waals surface area contributed by atoms with Crippen LogP contribution >= 0.6 is 0 Å². The minimum absolute atomic E-state index is 0.288. The number of aliphatic hydroxyl groups is 2. The normalized spacial score (nSPS) is 66.1. The average Bonchev–Trinajstić information content (AvgIpc) is 2.13. The lowest BCUT2D eigenvalue weighted by molar-refractivity contribution is -0.307. The van der Waals surface area contributed by atoms with Crippen molar-refractivity contribution in [1.82, 2.24) is 0 Å². The van der Waals surface area contributed by atoms with E-state index >= 15 is 0 Å². The molecule has 3 fully saturated rings. The first-order chi connectivity index (χ1) is 6.88. The highest BCUT2D eigenvalue weighted by Crippen LogP contribution is 2.77. The molecule has 0 aromatic heterocycles. The Kier molecular flexibility index (Phi) is 1.27. The summed E-state index contributed by atoms with van der Waals surface area (Å²) in [6.07, 6.45) is 4.70. The number of aliphatic hydroxyl groups excluding tert-OH is 2. The average molecular weight is 192 g/mol. The molecule has 0 spiro atoms. The Hall–Kier alpha value is -0.340. The molecule has 8 atom stereocenters. The van der Waals surface area contributed by atoms with E-state index in [2.05, 4.69) is 12.2 Å². The lowest BCUT2D eigenvalue weighted by Gasteiger charge is -2.79. The highest BCUT2D eigenvalue weighted by Gasteiger charge is 2.75. The zero-order chi connectivity index (χ0) is 9.45. The Morgan fingerprint density at radius 1 is 0.714 bits per heavy atom. The first-order valence-corrected chi connectivity index (χ1v) is 5.78. The van der Waals surface area contributed by atoms with E-state index in [-0.39, 0.29) is 13.2 Å². The van der Waals surface area contributed by atoms with Gasteiger partial charge in [0.25, 0.3) is 0 Å². The van der Waals surface area contributed by atoms with E-state index in [1.165, 1.54) is 0 Å². The minimum Gasteiger partial charge on any atom is -0.396 e. The van der Waals surface area contributed by atoms with Crippen molar-refractivity contribution in [3.63, 3.8) is 0 Å².